The number of nitrogens with zero attached hydrogens (tertiary/aromatic N) is 1. The minimum Gasteiger partial charge on any atom is -0.481 e. The fourth-order valence-electron chi connectivity index (χ4n) is 1.79. The van der Waals surface area contributed by atoms with Gasteiger partial charge in [-0.25, -0.2) is 0 Å². The fraction of sp³-hybridized carbons (Fsp3) is 0.267. The van der Waals surface area contributed by atoms with Crippen LogP contribution in [0.5, 0.6) is 5.75 Å². The summed E-state index contributed by atoms with van der Waals surface area (Å²) < 4.78 is 6.65. The van der Waals surface area contributed by atoms with E-state index in [1.807, 2.05) is 41.8 Å². The molecule has 0 fully saturated rings. The average Bonchev–Trinajstić information content (AvgIpc) is 2.93. The van der Waals surface area contributed by atoms with E-state index in [9.17, 15) is 4.79 Å². The van der Waals surface area contributed by atoms with Crippen LogP contribution in [0.4, 0.5) is 0 Å². The monoisotopic (exact) mass is 353 g/mol. The predicted molar refractivity (Wildman–Crippen MR) is 85.0 cm³/mol. The Morgan fingerprint density at radius 1 is 1.35 bits per heavy atom. The third-order valence-electron chi connectivity index (χ3n) is 2.82. The standard InChI is InChI=1S/C15H16BrNO2S/c1-11(19-13-7-5-12(16)6-8-13)15(18)17(2)10-14-4-3-9-20-14/h3-9,11H,10H2,1-2H3. The van der Waals surface area contributed by atoms with Crippen LogP contribution >= 0.6 is 27.3 Å². The highest BCUT2D eigenvalue weighted by Gasteiger charge is 2.19. The lowest BCUT2D eigenvalue weighted by Crippen LogP contribution is -2.37. The number of amides is 1. The van der Waals surface area contributed by atoms with Crippen molar-refractivity contribution in [3.8, 4) is 5.75 Å². The van der Waals surface area contributed by atoms with Gasteiger partial charge < -0.3 is 9.64 Å². The maximum absolute atomic E-state index is 12.2. The lowest BCUT2D eigenvalue weighted by atomic mass is 10.3. The van der Waals surface area contributed by atoms with Crippen LogP contribution in [0.25, 0.3) is 0 Å². The van der Waals surface area contributed by atoms with Crippen LogP contribution in [0.15, 0.2) is 46.3 Å². The van der Waals surface area contributed by atoms with E-state index in [2.05, 4.69) is 15.9 Å². The highest BCUT2D eigenvalue weighted by molar-refractivity contribution is 9.10. The van der Waals surface area contributed by atoms with Crippen molar-refractivity contribution in [2.24, 2.45) is 0 Å². The van der Waals surface area contributed by atoms with Gasteiger partial charge in [0.1, 0.15) is 5.75 Å². The van der Waals surface area contributed by atoms with Gasteiger partial charge in [0, 0.05) is 16.4 Å². The van der Waals surface area contributed by atoms with Crippen LogP contribution in [0.3, 0.4) is 0 Å². The molecule has 3 nitrogen and oxygen atoms in total. The van der Waals surface area contributed by atoms with Gasteiger partial charge in [-0.15, -0.1) is 11.3 Å². The Hall–Kier alpha value is -1.33. The number of likely N-dealkylation sites (N-methyl/N-ethyl adjacent to an activating group) is 1. The van der Waals surface area contributed by atoms with E-state index in [4.69, 9.17) is 4.74 Å². The molecule has 20 heavy (non-hydrogen) atoms. The number of thiophene rings is 1. The molecule has 2 aromatic rings. The molecule has 2 rings (SSSR count). The summed E-state index contributed by atoms with van der Waals surface area (Å²) >= 11 is 5.01. The van der Waals surface area contributed by atoms with Gasteiger partial charge in [0.05, 0.1) is 6.54 Å². The first-order valence-electron chi connectivity index (χ1n) is 6.26. The van der Waals surface area contributed by atoms with Crippen molar-refractivity contribution in [3.63, 3.8) is 0 Å². The lowest BCUT2D eigenvalue weighted by molar-refractivity contribution is -0.137. The number of hydrogen-bond acceptors (Lipinski definition) is 3. The first kappa shape index (κ1) is 15.1. The highest BCUT2D eigenvalue weighted by atomic mass is 79.9. The van der Waals surface area contributed by atoms with Crippen LogP contribution < -0.4 is 4.74 Å². The molecule has 1 aromatic carbocycles. The van der Waals surface area contributed by atoms with Crippen molar-refractivity contribution >= 4 is 33.2 Å². The van der Waals surface area contributed by atoms with E-state index in [0.717, 1.165) is 9.35 Å². The van der Waals surface area contributed by atoms with E-state index in [1.54, 1.807) is 30.2 Å². The molecule has 1 aromatic heterocycles. The SMILES string of the molecule is CC(Oc1ccc(Br)cc1)C(=O)N(C)Cc1cccs1. The normalized spacial score (nSPS) is 11.9. The van der Waals surface area contributed by atoms with Crippen LogP contribution in [-0.4, -0.2) is 24.0 Å². The van der Waals surface area contributed by atoms with Gasteiger partial charge in [0.2, 0.25) is 0 Å². The van der Waals surface area contributed by atoms with Gasteiger partial charge in [0.15, 0.2) is 6.10 Å². The lowest BCUT2D eigenvalue weighted by Gasteiger charge is -2.21. The van der Waals surface area contributed by atoms with Gasteiger partial charge in [0.25, 0.3) is 5.91 Å². The minimum absolute atomic E-state index is 0.0266. The maximum Gasteiger partial charge on any atom is 0.263 e. The Kier molecular flexibility index (Phi) is 5.20. The molecular weight excluding hydrogens is 338 g/mol. The average molecular weight is 354 g/mol. The zero-order valence-corrected chi connectivity index (χ0v) is 13.8. The molecule has 0 aliphatic rings. The summed E-state index contributed by atoms with van der Waals surface area (Å²) in [5, 5.41) is 2.01. The zero-order valence-electron chi connectivity index (χ0n) is 11.4. The molecule has 0 aliphatic heterocycles. The maximum atomic E-state index is 12.2. The Morgan fingerprint density at radius 2 is 2.05 bits per heavy atom. The summed E-state index contributed by atoms with van der Waals surface area (Å²) in [6, 6.07) is 11.5. The summed E-state index contributed by atoms with van der Waals surface area (Å²) in [6.45, 7) is 2.39. The number of benzene rings is 1. The van der Waals surface area contributed by atoms with Crippen LogP contribution in [0.1, 0.15) is 11.8 Å². The van der Waals surface area contributed by atoms with E-state index >= 15 is 0 Å². The first-order valence-corrected chi connectivity index (χ1v) is 7.93. The molecule has 5 heteroatoms. The molecule has 0 saturated carbocycles. The van der Waals surface area contributed by atoms with Gasteiger partial charge in [-0.05, 0) is 42.6 Å². The van der Waals surface area contributed by atoms with Crippen molar-refractivity contribution in [2.45, 2.75) is 19.6 Å². The topological polar surface area (TPSA) is 29.5 Å². The third-order valence-corrected chi connectivity index (χ3v) is 4.21. The Labute approximate surface area is 131 Å². The zero-order chi connectivity index (χ0) is 14.5. The van der Waals surface area contributed by atoms with Crippen LogP contribution in [0, 0.1) is 0 Å². The molecule has 106 valence electrons. The van der Waals surface area contributed by atoms with Gasteiger partial charge in [-0.1, -0.05) is 22.0 Å². The summed E-state index contributed by atoms with van der Waals surface area (Å²) in [7, 11) is 1.80. The van der Waals surface area contributed by atoms with E-state index in [0.29, 0.717) is 12.3 Å². The molecule has 0 radical (unpaired) electrons. The molecule has 1 atom stereocenters. The molecule has 0 saturated heterocycles. The molecule has 1 amide bonds. The van der Waals surface area contributed by atoms with Gasteiger partial charge in [-0.2, -0.15) is 0 Å². The van der Waals surface area contributed by atoms with Crippen molar-refractivity contribution in [1.82, 2.24) is 4.90 Å². The highest BCUT2D eigenvalue weighted by Crippen LogP contribution is 2.18. The van der Waals surface area contributed by atoms with Crippen LogP contribution in [-0.2, 0) is 11.3 Å². The Balaban J connectivity index is 1.92. The predicted octanol–water partition coefficient (Wildman–Crippen LogP) is 3.94. The summed E-state index contributed by atoms with van der Waals surface area (Å²) in [6.07, 6.45) is -0.499. The molecule has 0 spiro atoms. The van der Waals surface area contributed by atoms with E-state index in [1.165, 1.54) is 0 Å². The second-order valence-corrected chi connectivity index (χ2v) is 6.44. The largest absolute Gasteiger partial charge is 0.481 e. The molecule has 0 bridgehead atoms. The Morgan fingerprint density at radius 3 is 2.65 bits per heavy atom. The van der Waals surface area contributed by atoms with Crippen molar-refractivity contribution in [3.05, 3.63) is 51.1 Å². The van der Waals surface area contributed by atoms with Crippen molar-refractivity contribution in [2.75, 3.05) is 7.05 Å². The van der Waals surface area contributed by atoms with E-state index < -0.39 is 6.10 Å². The fourth-order valence-corrected chi connectivity index (χ4v) is 2.81. The molecule has 1 unspecified atom stereocenters. The van der Waals surface area contributed by atoms with Gasteiger partial charge >= 0.3 is 0 Å². The third kappa shape index (κ3) is 4.08. The minimum atomic E-state index is -0.499. The molecule has 1 heterocycles. The number of hydrogen-bond donors (Lipinski definition) is 0. The second-order valence-electron chi connectivity index (χ2n) is 4.49. The number of carbonyl (C=O) groups excluding carboxylic acids is 1. The van der Waals surface area contributed by atoms with Gasteiger partial charge in [-0.3, -0.25) is 4.79 Å². The number of ether oxygens (including phenoxy) is 1. The van der Waals surface area contributed by atoms with E-state index in [-0.39, 0.29) is 5.91 Å². The first-order chi connectivity index (χ1) is 9.56. The quantitative estimate of drug-likeness (QED) is 0.814. The molecule has 0 aliphatic carbocycles. The summed E-state index contributed by atoms with van der Waals surface area (Å²) in [5.41, 5.74) is 0. The number of carbonyl (C=O) groups is 1. The molecular formula is C15H16BrNO2S. The summed E-state index contributed by atoms with van der Waals surface area (Å²) in [5.74, 6) is 0.667. The summed E-state index contributed by atoms with van der Waals surface area (Å²) in [4.78, 5) is 15.1. The number of halogens is 1. The smallest absolute Gasteiger partial charge is 0.263 e. The number of rotatable bonds is 5. The Bertz CT molecular complexity index is 554. The molecule has 0 N–H and O–H groups in total. The van der Waals surface area contributed by atoms with Crippen molar-refractivity contribution < 1.29 is 9.53 Å². The van der Waals surface area contributed by atoms with Crippen molar-refractivity contribution in [1.29, 1.82) is 0 Å². The second kappa shape index (κ2) is 6.90. The van der Waals surface area contributed by atoms with Crippen LogP contribution in [0.2, 0.25) is 0 Å².